The monoisotopic (exact) mass is 928 g/mol. The molecular weight excluding hydrogens is 849 g/mol. The standard InChI is InChI=1S/C46H72F2N10O4.CH5N.CH2O/c1-6-16-33-25-37(34-28-55(3)56(4)29-34)38(45(47)48)26-41(33)54-46(51)39(27-49)40(7-2)53-35(22-23-52-31-60)17-12-10-8-9-11-15-24-58(32-61)43-19-14-13-18-42(43)57(5)36(30-59)20-21-44(50)62;2*1-2/h13-14,18-19,25-26,28,30-32,35-36,45-46,53-54H,6-12,15-17,20-24,27,29,49,51H2,1-5H3,(H2,50,62)(H,52,60);2H2,1H3;1H2/b40-39-;;. The maximum absolute atomic E-state index is 14.6. The van der Waals surface area contributed by atoms with Gasteiger partial charge in [0.15, 0.2) is 0 Å². The number of nitrogens with two attached hydrogens (primary N) is 4. The number of likely N-dealkylation sites (N-methyl/N-ethyl adjacent to an activating group) is 2. The van der Waals surface area contributed by atoms with Crippen LogP contribution < -0.4 is 48.7 Å². The number of halogens is 2. The van der Waals surface area contributed by atoms with Crippen molar-refractivity contribution < 1.29 is 32.8 Å². The van der Waals surface area contributed by atoms with Gasteiger partial charge < -0.3 is 63.3 Å². The van der Waals surface area contributed by atoms with E-state index in [1.54, 1.807) is 22.9 Å². The Morgan fingerprint density at radius 2 is 1.61 bits per heavy atom. The number of amides is 3. The molecule has 66 heavy (non-hydrogen) atoms. The fourth-order valence-corrected chi connectivity index (χ4v) is 8.01. The molecule has 16 nitrogen and oxygen atoms in total. The van der Waals surface area contributed by atoms with Crippen LogP contribution in [0.4, 0.5) is 25.8 Å². The summed E-state index contributed by atoms with van der Waals surface area (Å²) < 4.78 is 29.2. The van der Waals surface area contributed by atoms with Crippen LogP contribution in [0.25, 0.3) is 5.57 Å². The number of benzene rings is 2. The minimum atomic E-state index is -2.67. The van der Waals surface area contributed by atoms with Gasteiger partial charge in [0.1, 0.15) is 13.1 Å². The Labute approximate surface area is 391 Å². The predicted octanol–water partition coefficient (Wildman–Crippen LogP) is 5.18. The van der Waals surface area contributed by atoms with Gasteiger partial charge in [0.25, 0.3) is 6.43 Å². The molecule has 2 aromatic carbocycles. The highest BCUT2D eigenvalue weighted by Crippen LogP contribution is 2.36. The van der Waals surface area contributed by atoms with Gasteiger partial charge in [0.2, 0.25) is 18.7 Å². The first-order valence-electron chi connectivity index (χ1n) is 22.9. The number of nitrogens with one attached hydrogen (secondary N) is 3. The molecule has 0 spiro atoms. The van der Waals surface area contributed by atoms with E-state index in [1.165, 1.54) is 7.05 Å². The average Bonchev–Trinajstić information content (AvgIpc) is 3.66. The van der Waals surface area contributed by atoms with Gasteiger partial charge in [0, 0.05) is 82.9 Å². The first-order valence-corrected chi connectivity index (χ1v) is 22.9. The average molecular weight is 928 g/mol. The number of aldehydes is 1. The summed E-state index contributed by atoms with van der Waals surface area (Å²) >= 11 is 0. The number of carbonyl (C=O) groups excluding carboxylic acids is 5. The molecule has 0 radical (unpaired) electrons. The Hall–Kier alpha value is -5.43. The highest BCUT2D eigenvalue weighted by Gasteiger charge is 2.26. The van der Waals surface area contributed by atoms with Crippen LogP contribution in [0, 0.1) is 0 Å². The molecular formula is C48H79F2N11O5. The van der Waals surface area contributed by atoms with Crippen molar-refractivity contribution in [3.63, 3.8) is 0 Å². The van der Waals surface area contributed by atoms with Crippen LogP contribution in [0.3, 0.4) is 0 Å². The van der Waals surface area contributed by atoms with Gasteiger partial charge in [-0.1, -0.05) is 64.5 Å². The van der Waals surface area contributed by atoms with Crippen LogP contribution in [-0.4, -0.2) is 114 Å². The van der Waals surface area contributed by atoms with Crippen LogP contribution in [0.15, 0.2) is 53.9 Å². The summed E-state index contributed by atoms with van der Waals surface area (Å²) in [4.78, 5) is 58.0. The largest absolute Gasteiger partial charge is 0.385 e. The molecule has 3 atom stereocenters. The van der Waals surface area contributed by atoms with Crippen molar-refractivity contribution in [1.82, 2.24) is 20.7 Å². The summed E-state index contributed by atoms with van der Waals surface area (Å²) in [7, 11) is 7.09. The quantitative estimate of drug-likeness (QED) is 0.0285. The van der Waals surface area contributed by atoms with Gasteiger partial charge >= 0.3 is 0 Å². The Morgan fingerprint density at radius 1 is 0.955 bits per heavy atom. The Bertz CT molecular complexity index is 1820. The summed E-state index contributed by atoms with van der Waals surface area (Å²) in [5.74, 6) is -0.472. The van der Waals surface area contributed by atoms with E-state index in [4.69, 9.17) is 22.0 Å². The van der Waals surface area contributed by atoms with Crippen molar-refractivity contribution in [2.24, 2.45) is 22.9 Å². The number of aryl methyl sites for hydroxylation is 1. The number of nitrogens with zero attached hydrogens (tertiary/aromatic N) is 4. The molecule has 0 aromatic heterocycles. The molecule has 370 valence electrons. The van der Waals surface area contributed by atoms with E-state index in [-0.39, 0.29) is 31.0 Å². The van der Waals surface area contributed by atoms with Gasteiger partial charge in [-0.15, -0.1) is 0 Å². The number of primary amides is 1. The molecule has 3 unspecified atom stereocenters. The van der Waals surface area contributed by atoms with E-state index < -0.39 is 24.5 Å². The number of carbonyl (C=O) groups is 5. The maximum Gasteiger partial charge on any atom is 0.264 e. The van der Waals surface area contributed by atoms with E-state index in [9.17, 15) is 28.0 Å². The highest BCUT2D eigenvalue weighted by atomic mass is 19.3. The van der Waals surface area contributed by atoms with Gasteiger partial charge in [0.05, 0.1) is 23.6 Å². The third kappa shape index (κ3) is 18.8. The van der Waals surface area contributed by atoms with Gasteiger partial charge in [-0.05, 0) is 92.1 Å². The lowest BCUT2D eigenvalue weighted by molar-refractivity contribution is -0.118. The molecule has 1 heterocycles. The molecule has 0 aliphatic carbocycles. The maximum atomic E-state index is 14.6. The van der Waals surface area contributed by atoms with E-state index >= 15 is 0 Å². The Kier molecular flexibility index (Phi) is 29.4. The first kappa shape index (κ1) is 58.6. The van der Waals surface area contributed by atoms with Crippen molar-refractivity contribution in [2.45, 2.75) is 122 Å². The molecule has 1 aliphatic rings. The van der Waals surface area contributed by atoms with Crippen LogP contribution in [-0.2, 0) is 30.4 Å². The van der Waals surface area contributed by atoms with E-state index in [0.717, 1.165) is 92.2 Å². The number of anilines is 3. The number of unbranched alkanes of at least 4 members (excludes halogenated alkanes) is 5. The lowest BCUT2D eigenvalue weighted by atomic mass is 9.94. The summed E-state index contributed by atoms with van der Waals surface area (Å²) in [6.07, 6.45) is 10.6. The molecule has 0 saturated heterocycles. The van der Waals surface area contributed by atoms with Crippen LogP contribution in [0.2, 0.25) is 0 Å². The SMILES string of the molecule is C=O.CCCc1cc(C2=CN(C)N(C)C2)c(C(F)F)cc1NC(N)/C(CN)=C(/CC)NC(CCCCCCCCN(C=O)c1ccccc1N(C)C(C=O)CCC(N)=O)CCNC=O.CN. The lowest BCUT2D eigenvalue weighted by Crippen LogP contribution is -2.40. The minimum absolute atomic E-state index is 0.0384. The molecule has 18 heteroatoms. The zero-order valence-corrected chi connectivity index (χ0v) is 40.2. The minimum Gasteiger partial charge on any atom is -0.385 e. The fourth-order valence-electron chi connectivity index (χ4n) is 8.01. The predicted molar refractivity (Wildman–Crippen MR) is 263 cm³/mol. The van der Waals surface area contributed by atoms with Crippen molar-refractivity contribution in [3.8, 4) is 0 Å². The van der Waals surface area contributed by atoms with E-state index in [2.05, 4.69) is 28.6 Å². The summed E-state index contributed by atoms with van der Waals surface area (Å²) in [6, 6.07) is 10.3. The topological polar surface area (TPSA) is 238 Å². The molecule has 3 amide bonds. The Morgan fingerprint density at radius 3 is 2.15 bits per heavy atom. The second-order valence-electron chi connectivity index (χ2n) is 16.1. The van der Waals surface area contributed by atoms with Crippen molar-refractivity contribution in [2.75, 3.05) is 69.5 Å². The van der Waals surface area contributed by atoms with Crippen LogP contribution in [0.5, 0.6) is 0 Å². The van der Waals surface area contributed by atoms with Crippen molar-refractivity contribution in [3.05, 3.63) is 70.6 Å². The van der Waals surface area contributed by atoms with Gasteiger partial charge in [-0.3, -0.25) is 14.4 Å². The zero-order chi connectivity index (χ0) is 49.6. The number of hydrazine groups is 1. The van der Waals surface area contributed by atoms with E-state index in [0.29, 0.717) is 62.2 Å². The third-order valence-corrected chi connectivity index (χ3v) is 11.6. The first-order chi connectivity index (χ1) is 31.8. The normalized spacial score (nSPS) is 14.0. The molecule has 3 rings (SSSR count). The molecule has 0 saturated carbocycles. The second kappa shape index (κ2) is 33.1. The van der Waals surface area contributed by atoms with E-state index in [1.807, 2.05) is 74.4 Å². The Balaban J connectivity index is 0.00000529. The molecule has 1 aliphatic heterocycles. The molecule has 2 aromatic rings. The van der Waals surface area contributed by atoms with Crippen molar-refractivity contribution in [1.29, 1.82) is 0 Å². The fraction of sp³-hybridized carbons (Fsp3) is 0.562. The van der Waals surface area contributed by atoms with Gasteiger partial charge in [-0.2, -0.15) is 0 Å². The lowest BCUT2D eigenvalue weighted by Gasteiger charge is -2.30. The van der Waals surface area contributed by atoms with Crippen molar-refractivity contribution >= 4 is 54.4 Å². The smallest absolute Gasteiger partial charge is 0.264 e. The highest BCUT2D eigenvalue weighted by molar-refractivity contribution is 5.85. The number of alkyl halides is 2. The van der Waals surface area contributed by atoms with Gasteiger partial charge in [-0.25, -0.2) is 13.8 Å². The molecule has 0 bridgehead atoms. The number of hydrogen-bond acceptors (Lipinski definition) is 13. The number of allylic oxidation sites excluding steroid dienone is 1. The molecule has 11 N–H and O–H groups in total. The summed E-state index contributed by atoms with van der Waals surface area (Å²) in [5, 5.41) is 13.7. The number of rotatable bonds is 32. The third-order valence-electron chi connectivity index (χ3n) is 11.6. The summed E-state index contributed by atoms with van der Waals surface area (Å²) in [6.45, 7) is 7.81. The van der Waals surface area contributed by atoms with Crippen LogP contribution in [0.1, 0.15) is 114 Å². The second-order valence-corrected chi connectivity index (χ2v) is 16.1. The molecule has 0 fully saturated rings. The number of para-hydroxylation sites is 2. The summed E-state index contributed by atoms with van der Waals surface area (Å²) in [5.41, 5.74) is 28.9. The van der Waals surface area contributed by atoms with Crippen LogP contribution >= 0.6 is 0 Å². The number of hydrogen-bond donors (Lipinski definition) is 7. The zero-order valence-electron chi connectivity index (χ0n) is 40.2.